The summed E-state index contributed by atoms with van der Waals surface area (Å²) in [5, 5.41) is 24.6. The number of fused-ring (bicyclic) bond motifs is 1. The van der Waals surface area contributed by atoms with Gasteiger partial charge in [-0.15, -0.1) is 0 Å². The highest BCUT2D eigenvalue weighted by molar-refractivity contribution is 5.89. The molecule has 3 N–H and O–H groups in total. The first kappa shape index (κ1) is 23.3. The van der Waals surface area contributed by atoms with Gasteiger partial charge in [-0.3, -0.25) is 4.90 Å². The fraction of sp³-hybridized carbons (Fsp3) is 0.435. The van der Waals surface area contributed by atoms with E-state index in [1.165, 1.54) is 4.90 Å². The molecule has 4 rings (SSSR count). The minimum Gasteiger partial charge on any atom is -0.465 e. The van der Waals surface area contributed by atoms with E-state index in [0.29, 0.717) is 56.5 Å². The number of nitriles is 1. The third-order valence-electron chi connectivity index (χ3n) is 5.89. The number of nitrogens with zero attached hydrogens (tertiary/aromatic N) is 5. The Balaban J connectivity index is 1.75. The van der Waals surface area contributed by atoms with Crippen molar-refractivity contribution in [2.24, 2.45) is 0 Å². The van der Waals surface area contributed by atoms with Crippen molar-refractivity contribution in [3.63, 3.8) is 0 Å². The Morgan fingerprint density at radius 1 is 1.21 bits per heavy atom. The van der Waals surface area contributed by atoms with Gasteiger partial charge < -0.3 is 25.4 Å². The third-order valence-corrected chi connectivity index (χ3v) is 5.89. The number of hydrogen-bond acceptors (Lipinski definition) is 7. The Morgan fingerprint density at radius 2 is 1.94 bits per heavy atom. The van der Waals surface area contributed by atoms with E-state index in [-0.39, 0.29) is 19.0 Å². The summed E-state index contributed by atoms with van der Waals surface area (Å²) in [7, 11) is 0. The van der Waals surface area contributed by atoms with Crippen molar-refractivity contribution in [2.45, 2.75) is 25.8 Å². The lowest BCUT2D eigenvalue weighted by molar-refractivity contribution is 0.118. The van der Waals surface area contributed by atoms with Gasteiger partial charge in [-0.2, -0.15) is 5.26 Å². The van der Waals surface area contributed by atoms with Gasteiger partial charge in [0, 0.05) is 43.0 Å². The minimum absolute atomic E-state index is 0.00764. The molecule has 0 aliphatic carbocycles. The maximum absolute atomic E-state index is 11.9. The van der Waals surface area contributed by atoms with Crippen LogP contribution < -0.4 is 15.5 Å². The van der Waals surface area contributed by atoms with Crippen LogP contribution in [0.25, 0.3) is 11.4 Å². The molecule has 1 aromatic carbocycles. The summed E-state index contributed by atoms with van der Waals surface area (Å²) < 4.78 is 5.50. The molecule has 2 aromatic rings. The van der Waals surface area contributed by atoms with Crippen molar-refractivity contribution in [1.29, 1.82) is 5.26 Å². The van der Waals surface area contributed by atoms with E-state index < -0.39 is 12.1 Å². The molecule has 0 spiro atoms. The van der Waals surface area contributed by atoms with Crippen molar-refractivity contribution < 1.29 is 19.4 Å². The molecular formula is C23H27N7O4. The summed E-state index contributed by atoms with van der Waals surface area (Å²) in [6, 6.07) is 8.30. The van der Waals surface area contributed by atoms with Crippen LogP contribution >= 0.6 is 0 Å². The summed E-state index contributed by atoms with van der Waals surface area (Å²) in [5.41, 5.74) is 2.81. The minimum atomic E-state index is -1.07. The molecule has 1 fully saturated rings. The Hall–Kier alpha value is -3.91. The molecule has 3 heterocycles. The number of amides is 3. The van der Waals surface area contributed by atoms with Crippen molar-refractivity contribution in [1.82, 2.24) is 20.2 Å². The van der Waals surface area contributed by atoms with Gasteiger partial charge in [-0.05, 0) is 37.6 Å². The first-order valence-corrected chi connectivity index (χ1v) is 11.3. The van der Waals surface area contributed by atoms with E-state index in [2.05, 4.69) is 21.6 Å². The zero-order valence-corrected chi connectivity index (χ0v) is 19.0. The highest BCUT2D eigenvalue weighted by Gasteiger charge is 2.35. The van der Waals surface area contributed by atoms with Crippen LogP contribution in [0.4, 0.5) is 21.1 Å². The molecule has 0 saturated carbocycles. The summed E-state index contributed by atoms with van der Waals surface area (Å²) >= 11 is 0. The fourth-order valence-corrected chi connectivity index (χ4v) is 4.27. The highest BCUT2D eigenvalue weighted by Crippen LogP contribution is 2.37. The maximum atomic E-state index is 11.9. The van der Waals surface area contributed by atoms with E-state index in [1.807, 2.05) is 19.1 Å². The van der Waals surface area contributed by atoms with Gasteiger partial charge in [0.15, 0.2) is 5.82 Å². The Bertz CT molecular complexity index is 1090. The second-order valence-corrected chi connectivity index (χ2v) is 8.00. The van der Waals surface area contributed by atoms with Crippen molar-refractivity contribution in [2.75, 3.05) is 49.6 Å². The lowest BCUT2D eigenvalue weighted by atomic mass is 9.95. The smallest absolute Gasteiger partial charge is 0.407 e. The molecule has 1 unspecified atom stereocenters. The SMILES string of the molecule is CCNC(=O)Nc1ccc(-c2nc3c(c(N4CCOCC4)n2)CCN(C(=O)O)C3CC#N)cc1. The molecule has 0 bridgehead atoms. The average Bonchev–Trinajstić information content (AvgIpc) is 2.84. The number of nitrogens with one attached hydrogen (secondary N) is 2. The number of urea groups is 1. The normalized spacial score (nSPS) is 17.5. The van der Waals surface area contributed by atoms with Crippen LogP contribution in [-0.2, 0) is 11.2 Å². The van der Waals surface area contributed by atoms with E-state index >= 15 is 0 Å². The number of hydrogen-bond donors (Lipinski definition) is 3. The highest BCUT2D eigenvalue weighted by atomic mass is 16.5. The predicted molar refractivity (Wildman–Crippen MR) is 125 cm³/mol. The van der Waals surface area contributed by atoms with Crippen molar-refractivity contribution in [3.8, 4) is 17.5 Å². The lowest BCUT2D eigenvalue weighted by Crippen LogP contribution is -2.42. The van der Waals surface area contributed by atoms with Gasteiger partial charge in [0.05, 0.1) is 37.4 Å². The van der Waals surface area contributed by atoms with Crippen molar-refractivity contribution in [3.05, 3.63) is 35.5 Å². The lowest BCUT2D eigenvalue weighted by Gasteiger charge is -2.37. The molecule has 2 aliphatic rings. The van der Waals surface area contributed by atoms with Gasteiger partial charge in [0.1, 0.15) is 5.82 Å². The van der Waals surface area contributed by atoms with Crippen molar-refractivity contribution >= 4 is 23.6 Å². The van der Waals surface area contributed by atoms with Crippen LogP contribution in [0.5, 0.6) is 0 Å². The number of anilines is 2. The zero-order chi connectivity index (χ0) is 24.1. The molecular weight excluding hydrogens is 438 g/mol. The molecule has 11 heteroatoms. The van der Waals surface area contributed by atoms with Crippen LogP contribution in [-0.4, -0.2) is 71.5 Å². The second-order valence-electron chi connectivity index (χ2n) is 8.00. The fourth-order valence-electron chi connectivity index (χ4n) is 4.27. The largest absolute Gasteiger partial charge is 0.465 e. The molecule has 3 amide bonds. The van der Waals surface area contributed by atoms with E-state index in [0.717, 1.165) is 16.9 Å². The molecule has 0 radical (unpaired) electrons. The number of ether oxygens (including phenoxy) is 1. The first-order valence-electron chi connectivity index (χ1n) is 11.3. The van der Waals surface area contributed by atoms with Gasteiger partial charge in [-0.1, -0.05) is 0 Å². The average molecular weight is 466 g/mol. The van der Waals surface area contributed by atoms with Crippen LogP contribution in [0.3, 0.4) is 0 Å². The number of morpholine rings is 1. The molecule has 178 valence electrons. The zero-order valence-electron chi connectivity index (χ0n) is 19.0. The molecule has 2 aliphatic heterocycles. The summed E-state index contributed by atoms with van der Waals surface area (Å²) in [6.45, 7) is 5.15. The number of carboxylic acid groups (broad SMARTS) is 1. The van der Waals surface area contributed by atoms with E-state index in [1.54, 1.807) is 12.1 Å². The quantitative estimate of drug-likeness (QED) is 0.611. The van der Waals surface area contributed by atoms with Gasteiger partial charge in [0.25, 0.3) is 0 Å². The van der Waals surface area contributed by atoms with E-state index in [9.17, 15) is 20.0 Å². The summed E-state index contributed by atoms with van der Waals surface area (Å²) in [4.78, 5) is 36.7. The monoisotopic (exact) mass is 465 g/mol. The number of aromatic nitrogens is 2. The van der Waals surface area contributed by atoms with Crippen LogP contribution in [0.1, 0.15) is 30.6 Å². The van der Waals surface area contributed by atoms with Crippen LogP contribution in [0.15, 0.2) is 24.3 Å². The Labute approximate surface area is 197 Å². The second kappa shape index (κ2) is 10.4. The number of rotatable bonds is 5. The Kier molecular flexibility index (Phi) is 7.08. The molecule has 34 heavy (non-hydrogen) atoms. The molecule has 11 nitrogen and oxygen atoms in total. The first-order chi connectivity index (χ1) is 16.5. The standard InChI is InChI=1S/C23H27N7O4/c1-2-25-22(31)26-16-5-3-15(4-6-16)20-27-19-17(21(28-20)29-11-13-34-14-12-29)8-10-30(23(32)33)18(19)7-9-24/h3-6,18H,2,7-8,10-14H2,1H3,(H,32,33)(H2,25,26,31). The Morgan fingerprint density at radius 3 is 2.59 bits per heavy atom. The van der Waals surface area contributed by atoms with Gasteiger partial charge >= 0.3 is 12.1 Å². The molecule has 1 aromatic heterocycles. The van der Waals surface area contributed by atoms with Crippen LogP contribution in [0, 0.1) is 11.3 Å². The van der Waals surface area contributed by atoms with Gasteiger partial charge in [-0.25, -0.2) is 19.6 Å². The summed E-state index contributed by atoms with van der Waals surface area (Å²) in [6.07, 6.45) is -0.584. The topological polar surface area (TPSA) is 144 Å². The summed E-state index contributed by atoms with van der Waals surface area (Å²) in [5.74, 6) is 1.21. The molecule has 1 atom stereocenters. The van der Waals surface area contributed by atoms with Gasteiger partial charge in [0.2, 0.25) is 0 Å². The maximum Gasteiger partial charge on any atom is 0.407 e. The van der Waals surface area contributed by atoms with E-state index in [4.69, 9.17) is 14.7 Å². The predicted octanol–water partition coefficient (Wildman–Crippen LogP) is 2.61. The number of carbonyl (C=O) groups excluding carboxylic acids is 1. The number of benzene rings is 1. The van der Waals surface area contributed by atoms with Crippen LogP contribution in [0.2, 0.25) is 0 Å². The third kappa shape index (κ3) is 4.87. The number of carbonyl (C=O) groups is 2. The molecule has 1 saturated heterocycles.